The first-order valence-corrected chi connectivity index (χ1v) is 3.03. The Labute approximate surface area is 56.1 Å². The third-order valence-corrected chi connectivity index (χ3v) is 0.955. The van der Waals surface area contributed by atoms with Gasteiger partial charge in [0, 0.05) is 0 Å². The summed E-state index contributed by atoms with van der Waals surface area (Å²) in [7, 11) is 0. The van der Waals surface area contributed by atoms with Gasteiger partial charge < -0.3 is 5.11 Å². The monoisotopic (exact) mass is 127 g/mol. The van der Waals surface area contributed by atoms with E-state index in [1.807, 2.05) is 20.8 Å². The van der Waals surface area contributed by atoms with Crippen LogP contribution in [-0.4, -0.2) is 11.2 Å². The molecule has 0 saturated carbocycles. The summed E-state index contributed by atoms with van der Waals surface area (Å²) in [5.74, 6) is 0. The lowest BCUT2D eigenvalue weighted by molar-refractivity contribution is 0.168. The zero-order valence-electron chi connectivity index (χ0n) is 6.18. The summed E-state index contributed by atoms with van der Waals surface area (Å²) in [6, 6.07) is 1.78. The van der Waals surface area contributed by atoms with Gasteiger partial charge in [0.25, 0.3) is 0 Å². The predicted molar refractivity (Wildman–Crippen MR) is 35.7 cm³/mol. The number of rotatable bonds is 1. The van der Waals surface area contributed by atoms with Crippen LogP contribution in [0.15, 0.2) is 0 Å². The van der Waals surface area contributed by atoms with E-state index in [1.54, 1.807) is 6.07 Å². The lowest BCUT2D eigenvalue weighted by atomic mass is 9.90. The molecular weight excluding hydrogens is 114 g/mol. The van der Waals surface area contributed by atoms with E-state index in [2.05, 4.69) is 0 Å². The molecule has 0 heterocycles. The minimum absolute atomic E-state index is 0.0507. The van der Waals surface area contributed by atoms with Gasteiger partial charge in [-0.2, -0.15) is 5.26 Å². The maximum atomic E-state index is 8.83. The molecule has 52 valence electrons. The molecule has 0 amide bonds. The second kappa shape index (κ2) is 2.84. The van der Waals surface area contributed by atoms with E-state index in [0.29, 0.717) is 6.42 Å². The van der Waals surface area contributed by atoms with Crippen molar-refractivity contribution in [3.05, 3.63) is 0 Å². The normalized spacial score (nSPS) is 14.6. The van der Waals surface area contributed by atoms with Crippen molar-refractivity contribution in [2.24, 2.45) is 5.41 Å². The Morgan fingerprint density at radius 3 is 2.11 bits per heavy atom. The van der Waals surface area contributed by atoms with E-state index in [-0.39, 0.29) is 5.41 Å². The molecule has 2 heteroatoms. The molecule has 0 aliphatic rings. The summed E-state index contributed by atoms with van der Waals surface area (Å²) >= 11 is 0. The highest BCUT2D eigenvalue weighted by atomic mass is 16.3. The van der Waals surface area contributed by atoms with E-state index in [4.69, 9.17) is 10.4 Å². The Kier molecular flexibility index (Phi) is 2.66. The first kappa shape index (κ1) is 8.45. The van der Waals surface area contributed by atoms with Crippen LogP contribution in [0.5, 0.6) is 0 Å². The van der Waals surface area contributed by atoms with Crippen LogP contribution >= 0.6 is 0 Å². The Balaban J connectivity index is 3.63. The van der Waals surface area contributed by atoms with Gasteiger partial charge in [-0.15, -0.1) is 0 Å². The molecule has 0 aromatic heterocycles. The average molecular weight is 127 g/mol. The molecule has 1 N–H and O–H groups in total. The van der Waals surface area contributed by atoms with Crippen LogP contribution in [0.2, 0.25) is 0 Å². The Hall–Kier alpha value is -0.550. The molecule has 2 nitrogen and oxygen atoms in total. The van der Waals surface area contributed by atoms with E-state index in [9.17, 15) is 0 Å². The molecule has 0 spiro atoms. The summed E-state index contributed by atoms with van der Waals surface area (Å²) in [4.78, 5) is 0. The van der Waals surface area contributed by atoms with Crippen LogP contribution in [0.4, 0.5) is 0 Å². The van der Waals surface area contributed by atoms with Crippen LogP contribution < -0.4 is 0 Å². The smallest absolute Gasteiger partial charge is 0.141 e. The Bertz CT molecular complexity index is 118. The quantitative estimate of drug-likeness (QED) is 0.540. The minimum atomic E-state index is -0.801. The molecule has 0 fully saturated rings. The summed E-state index contributed by atoms with van der Waals surface area (Å²) in [5.41, 5.74) is 0.0507. The largest absolute Gasteiger partial charge is 0.378 e. The average Bonchev–Trinajstić information content (AvgIpc) is 1.62. The summed E-state index contributed by atoms with van der Waals surface area (Å²) in [5, 5.41) is 17.0. The summed E-state index contributed by atoms with van der Waals surface area (Å²) < 4.78 is 0. The third-order valence-electron chi connectivity index (χ3n) is 0.955. The van der Waals surface area contributed by atoms with Crippen LogP contribution in [0.3, 0.4) is 0 Å². The molecule has 0 aliphatic carbocycles. The zero-order valence-corrected chi connectivity index (χ0v) is 6.18. The van der Waals surface area contributed by atoms with Gasteiger partial charge in [-0.1, -0.05) is 20.8 Å². The lowest BCUT2D eigenvalue weighted by Crippen LogP contribution is -2.15. The molecule has 0 radical (unpaired) electrons. The summed E-state index contributed by atoms with van der Waals surface area (Å²) in [6.07, 6.45) is -0.256. The van der Waals surface area contributed by atoms with E-state index in [1.165, 1.54) is 0 Å². The molecule has 0 saturated heterocycles. The fraction of sp³-hybridized carbons (Fsp3) is 0.857. The highest BCUT2D eigenvalue weighted by molar-refractivity contribution is 4.85. The van der Waals surface area contributed by atoms with Crippen molar-refractivity contribution < 1.29 is 5.11 Å². The van der Waals surface area contributed by atoms with Crippen LogP contribution in [-0.2, 0) is 0 Å². The fourth-order valence-corrected chi connectivity index (χ4v) is 0.626. The van der Waals surface area contributed by atoms with Gasteiger partial charge in [0.2, 0.25) is 0 Å². The van der Waals surface area contributed by atoms with Gasteiger partial charge in [0.05, 0.1) is 6.07 Å². The molecule has 0 aromatic rings. The third kappa shape index (κ3) is 5.32. The standard InChI is InChI=1S/C7H13NO/c1-7(2,3)4-6(9)5-8/h6,9H,4H2,1-3H3/t6-/m0/s1. The van der Waals surface area contributed by atoms with Crippen molar-refractivity contribution in [2.75, 3.05) is 0 Å². The van der Waals surface area contributed by atoms with Crippen molar-refractivity contribution in [1.29, 1.82) is 5.26 Å². The van der Waals surface area contributed by atoms with Gasteiger partial charge in [-0.05, 0) is 11.8 Å². The molecule has 0 aromatic carbocycles. The van der Waals surface area contributed by atoms with Crippen molar-refractivity contribution in [3.63, 3.8) is 0 Å². The fourth-order valence-electron chi connectivity index (χ4n) is 0.626. The maximum absolute atomic E-state index is 8.83. The molecule has 0 bridgehead atoms. The first-order chi connectivity index (χ1) is 3.95. The molecule has 9 heavy (non-hydrogen) atoms. The highest BCUT2D eigenvalue weighted by Gasteiger charge is 2.15. The SMILES string of the molecule is CC(C)(C)C[C@H](O)C#N. The second-order valence-electron chi connectivity index (χ2n) is 3.41. The van der Waals surface area contributed by atoms with Crippen LogP contribution in [0.25, 0.3) is 0 Å². The molecule has 1 atom stereocenters. The Morgan fingerprint density at radius 1 is 1.56 bits per heavy atom. The van der Waals surface area contributed by atoms with E-state index in [0.717, 1.165) is 0 Å². The first-order valence-electron chi connectivity index (χ1n) is 3.03. The van der Waals surface area contributed by atoms with E-state index >= 15 is 0 Å². The summed E-state index contributed by atoms with van der Waals surface area (Å²) in [6.45, 7) is 5.98. The lowest BCUT2D eigenvalue weighted by Gasteiger charge is -2.17. The number of aliphatic hydroxyl groups excluding tert-OH is 1. The van der Waals surface area contributed by atoms with Crippen molar-refractivity contribution in [2.45, 2.75) is 33.3 Å². The number of nitrogens with zero attached hydrogens (tertiary/aromatic N) is 1. The van der Waals surface area contributed by atoms with Crippen molar-refractivity contribution >= 4 is 0 Å². The topological polar surface area (TPSA) is 44.0 Å². The minimum Gasteiger partial charge on any atom is -0.378 e. The second-order valence-corrected chi connectivity index (χ2v) is 3.41. The van der Waals surface area contributed by atoms with Gasteiger partial charge in [-0.25, -0.2) is 0 Å². The van der Waals surface area contributed by atoms with Crippen LogP contribution in [0.1, 0.15) is 27.2 Å². The highest BCUT2D eigenvalue weighted by Crippen LogP contribution is 2.19. The zero-order chi connectivity index (χ0) is 7.49. The molecule has 0 unspecified atom stereocenters. The Morgan fingerprint density at radius 2 is 2.00 bits per heavy atom. The predicted octanol–water partition coefficient (Wildman–Crippen LogP) is 1.31. The molecule has 0 rings (SSSR count). The van der Waals surface area contributed by atoms with Crippen LogP contribution in [0, 0.1) is 16.7 Å². The van der Waals surface area contributed by atoms with Gasteiger partial charge in [0.15, 0.2) is 0 Å². The number of hydrogen-bond donors (Lipinski definition) is 1. The molecule has 0 aliphatic heterocycles. The van der Waals surface area contributed by atoms with E-state index < -0.39 is 6.10 Å². The molecular formula is C7H13NO. The van der Waals surface area contributed by atoms with Gasteiger partial charge in [-0.3, -0.25) is 0 Å². The number of aliphatic hydroxyl groups is 1. The van der Waals surface area contributed by atoms with Crippen molar-refractivity contribution in [3.8, 4) is 6.07 Å². The number of hydrogen-bond acceptors (Lipinski definition) is 2. The van der Waals surface area contributed by atoms with Crippen molar-refractivity contribution in [1.82, 2.24) is 0 Å². The number of nitriles is 1. The maximum Gasteiger partial charge on any atom is 0.141 e. The van der Waals surface area contributed by atoms with Gasteiger partial charge >= 0.3 is 0 Å². The van der Waals surface area contributed by atoms with Gasteiger partial charge in [0.1, 0.15) is 6.10 Å².